The van der Waals surface area contributed by atoms with Crippen molar-refractivity contribution in [3.8, 4) is 0 Å². The Labute approximate surface area is 131 Å². The Morgan fingerprint density at radius 3 is 2.79 bits per heavy atom. The molecule has 1 aliphatic rings. The van der Waals surface area contributed by atoms with E-state index in [0.717, 1.165) is 40.3 Å². The highest BCUT2D eigenvalue weighted by molar-refractivity contribution is 9.10. The van der Waals surface area contributed by atoms with E-state index < -0.39 is 0 Å². The van der Waals surface area contributed by atoms with Crippen LogP contribution >= 0.6 is 31.9 Å². The molecule has 1 amide bonds. The fourth-order valence-electron chi connectivity index (χ4n) is 2.63. The molecule has 1 saturated heterocycles. The summed E-state index contributed by atoms with van der Waals surface area (Å²) in [6.07, 6.45) is 4.66. The first-order valence-electron chi connectivity index (χ1n) is 6.76. The standard InChI is InChI=1S/C15H19Br2NO/c1-11-7-12(9-13(17)8-11)15(19)18-6-4-2-3-5-14(18)10-16/h7-9,14H,2-6,10H2,1H3. The summed E-state index contributed by atoms with van der Waals surface area (Å²) >= 11 is 7.03. The molecule has 1 aromatic carbocycles. The van der Waals surface area contributed by atoms with Gasteiger partial charge in [-0.2, -0.15) is 0 Å². The molecule has 0 radical (unpaired) electrons. The first-order valence-corrected chi connectivity index (χ1v) is 8.67. The van der Waals surface area contributed by atoms with E-state index in [-0.39, 0.29) is 5.91 Å². The van der Waals surface area contributed by atoms with Crippen LogP contribution in [0.2, 0.25) is 0 Å². The molecule has 0 aliphatic carbocycles. The molecule has 0 N–H and O–H groups in total. The van der Waals surface area contributed by atoms with Gasteiger partial charge in [0, 0.05) is 28.0 Å². The highest BCUT2D eigenvalue weighted by atomic mass is 79.9. The van der Waals surface area contributed by atoms with Gasteiger partial charge in [-0.3, -0.25) is 4.79 Å². The summed E-state index contributed by atoms with van der Waals surface area (Å²) in [4.78, 5) is 14.8. The third-order valence-corrected chi connectivity index (χ3v) is 4.81. The van der Waals surface area contributed by atoms with Gasteiger partial charge >= 0.3 is 0 Å². The lowest BCUT2D eigenvalue weighted by Gasteiger charge is -2.29. The van der Waals surface area contributed by atoms with Crippen LogP contribution in [0.3, 0.4) is 0 Å². The molecule has 2 nitrogen and oxygen atoms in total. The minimum absolute atomic E-state index is 0.163. The molecule has 0 spiro atoms. The molecular formula is C15H19Br2NO. The maximum absolute atomic E-state index is 12.7. The zero-order valence-electron chi connectivity index (χ0n) is 11.2. The molecule has 1 aromatic rings. The number of aryl methyl sites for hydroxylation is 1. The minimum Gasteiger partial charge on any atom is -0.335 e. The van der Waals surface area contributed by atoms with E-state index in [1.807, 2.05) is 30.0 Å². The highest BCUT2D eigenvalue weighted by Gasteiger charge is 2.25. The maximum Gasteiger partial charge on any atom is 0.254 e. The number of carbonyl (C=O) groups excluding carboxylic acids is 1. The number of rotatable bonds is 2. The lowest BCUT2D eigenvalue weighted by molar-refractivity contribution is 0.0702. The number of nitrogens with zero attached hydrogens (tertiary/aromatic N) is 1. The zero-order valence-corrected chi connectivity index (χ0v) is 14.3. The van der Waals surface area contributed by atoms with Crippen LogP contribution in [-0.2, 0) is 0 Å². The average molecular weight is 389 g/mol. The van der Waals surface area contributed by atoms with Crippen molar-refractivity contribution in [1.29, 1.82) is 0 Å². The topological polar surface area (TPSA) is 20.3 Å². The predicted octanol–water partition coefficient (Wildman–Crippen LogP) is 4.54. The van der Waals surface area contributed by atoms with Gasteiger partial charge in [-0.05, 0) is 43.5 Å². The van der Waals surface area contributed by atoms with Gasteiger partial charge in [-0.25, -0.2) is 0 Å². The lowest BCUT2D eigenvalue weighted by Crippen LogP contribution is -2.41. The van der Waals surface area contributed by atoms with E-state index in [2.05, 4.69) is 31.9 Å². The van der Waals surface area contributed by atoms with E-state index in [0.29, 0.717) is 6.04 Å². The molecule has 1 unspecified atom stereocenters. The van der Waals surface area contributed by atoms with Crippen LogP contribution in [0.15, 0.2) is 22.7 Å². The van der Waals surface area contributed by atoms with E-state index >= 15 is 0 Å². The molecule has 1 fully saturated rings. The number of halogens is 2. The van der Waals surface area contributed by atoms with Crippen molar-refractivity contribution in [1.82, 2.24) is 4.90 Å². The van der Waals surface area contributed by atoms with Crippen LogP contribution in [-0.4, -0.2) is 28.7 Å². The van der Waals surface area contributed by atoms with Crippen molar-refractivity contribution in [2.45, 2.75) is 38.6 Å². The van der Waals surface area contributed by atoms with Crippen LogP contribution in [0.25, 0.3) is 0 Å². The molecule has 104 valence electrons. The maximum atomic E-state index is 12.7. The number of carbonyl (C=O) groups is 1. The molecule has 1 heterocycles. The van der Waals surface area contributed by atoms with Gasteiger partial charge < -0.3 is 4.90 Å². The molecule has 4 heteroatoms. The quantitative estimate of drug-likeness (QED) is 0.681. The summed E-state index contributed by atoms with van der Waals surface area (Å²) < 4.78 is 0.973. The van der Waals surface area contributed by atoms with Crippen LogP contribution in [0.4, 0.5) is 0 Å². The van der Waals surface area contributed by atoms with Gasteiger partial charge in [0.2, 0.25) is 0 Å². The Morgan fingerprint density at radius 1 is 1.32 bits per heavy atom. The molecule has 0 bridgehead atoms. The van der Waals surface area contributed by atoms with Crippen LogP contribution in [0.5, 0.6) is 0 Å². The average Bonchev–Trinajstić information content (AvgIpc) is 2.61. The van der Waals surface area contributed by atoms with E-state index in [4.69, 9.17) is 0 Å². The van der Waals surface area contributed by atoms with E-state index in [9.17, 15) is 4.79 Å². The van der Waals surface area contributed by atoms with E-state index in [1.54, 1.807) is 0 Å². The number of benzene rings is 1. The number of alkyl halides is 1. The van der Waals surface area contributed by atoms with Crippen LogP contribution in [0.1, 0.15) is 41.6 Å². The van der Waals surface area contributed by atoms with Crippen molar-refractivity contribution < 1.29 is 4.79 Å². The number of amides is 1. The molecular weight excluding hydrogens is 370 g/mol. The summed E-state index contributed by atoms with van der Waals surface area (Å²) in [5.74, 6) is 0.163. The smallest absolute Gasteiger partial charge is 0.254 e. The minimum atomic E-state index is 0.163. The number of likely N-dealkylation sites (tertiary alicyclic amines) is 1. The Balaban J connectivity index is 2.25. The molecule has 19 heavy (non-hydrogen) atoms. The highest BCUT2D eigenvalue weighted by Crippen LogP contribution is 2.23. The second kappa shape index (κ2) is 6.89. The van der Waals surface area contributed by atoms with Crippen molar-refractivity contribution >= 4 is 37.8 Å². The summed E-state index contributed by atoms with van der Waals surface area (Å²) in [5, 5.41) is 0.867. The fourth-order valence-corrected chi connectivity index (χ4v) is 3.91. The van der Waals surface area contributed by atoms with Gasteiger partial charge in [0.05, 0.1) is 0 Å². The monoisotopic (exact) mass is 387 g/mol. The van der Waals surface area contributed by atoms with Crippen molar-refractivity contribution in [2.24, 2.45) is 0 Å². The summed E-state index contributed by atoms with van der Waals surface area (Å²) in [7, 11) is 0. The third kappa shape index (κ3) is 3.82. The van der Waals surface area contributed by atoms with Crippen molar-refractivity contribution in [3.63, 3.8) is 0 Å². The first-order chi connectivity index (χ1) is 9.11. The number of hydrogen-bond acceptors (Lipinski definition) is 1. The van der Waals surface area contributed by atoms with Crippen LogP contribution < -0.4 is 0 Å². The second-order valence-electron chi connectivity index (χ2n) is 5.17. The van der Waals surface area contributed by atoms with Gasteiger partial charge in [-0.15, -0.1) is 0 Å². The fraction of sp³-hybridized carbons (Fsp3) is 0.533. The third-order valence-electron chi connectivity index (χ3n) is 3.61. The van der Waals surface area contributed by atoms with Crippen LogP contribution in [0, 0.1) is 6.92 Å². The van der Waals surface area contributed by atoms with Gasteiger partial charge in [0.1, 0.15) is 0 Å². The molecule has 1 aliphatic heterocycles. The first kappa shape index (κ1) is 15.0. The Kier molecular flexibility index (Phi) is 5.46. The van der Waals surface area contributed by atoms with Crippen molar-refractivity contribution in [2.75, 3.05) is 11.9 Å². The second-order valence-corrected chi connectivity index (χ2v) is 6.74. The largest absolute Gasteiger partial charge is 0.335 e. The predicted molar refractivity (Wildman–Crippen MR) is 86.0 cm³/mol. The lowest BCUT2D eigenvalue weighted by atomic mass is 10.1. The Morgan fingerprint density at radius 2 is 2.11 bits per heavy atom. The van der Waals surface area contributed by atoms with Gasteiger partial charge in [0.25, 0.3) is 5.91 Å². The molecule has 1 atom stereocenters. The number of hydrogen-bond donors (Lipinski definition) is 0. The Hall–Kier alpha value is -0.350. The van der Waals surface area contributed by atoms with Gasteiger partial charge in [-0.1, -0.05) is 44.7 Å². The van der Waals surface area contributed by atoms with Crippen molar-refractivity contribution in [3.05, 3.63) is 33.8 Å². The Bertz CT molecular complexity index is 441. The summed E-state index contributed by atoms with van der Waals surface area (Å²) in [5.41, 5.74) is 1.91. The van der Waals surface area contributed by atoms with Gasteiger partial charge in [0.15, 0.2) is 0 Å². The normalized spacial score (nSPS) is 20.2. The van der Waals surface area contributed by atoms with E-state index in [1.165, 1.54) is 12.8 Å². The molecule has 0 aromatic heterocycles. The SMILES string of the molecule is Cc1cc(Br)cc(C(=O)N2CCCCCC2CBr)c1. The zero-order chi connectivity index (χ0) is 13.8. The summed E-state index contributed by atoms with van der Waals surface area (Å²) in [6.45, 7) is 2.90. The molecule has 2 rings (SSSR count). The molecule has 0 saturated carbocycles. The summed E-state index contributed by atoms with van der Waals surface area (Å²) in [6, 6.07) is 6.25.